The van der Waals surface area contributed by atoms with Gasteiger partial charge in [0.1, 0.15) is 6.54 Å². The van der Waals surface area contributed by atoms with Crippen LogP contribution in [0.4, 0.5) is 0 Å². The maximum absolute atomic E-state index is 12.1. The van der Waals surface area contributed by atoms with E-state index in [9.17, 15) is 14.4 Å². The van der Waals surface area contributed by atoms with Gasteiger partial charge in [-0.15, -0.1) is 0 Å². The molecule has 3 aromatic rings. The van der Waals surface area contributed by atoms with Gasteiger partial charge in [0, 0.05) is 12.3 Å². The summed E-state index contributed by atoms with van der Waals surface area (Å²) in [5.41, 5.74) is -0.104. The fourth-order valence-corrected chi connectivity index (χ4v) is 2.57. The number of nitrogens with one attached hydrogen (secondary N) is 2. The molecule has 0 saturated carbocycles. The van der Waals surface area contributed by atoms with E-state index < -0.39 is 11.2 Å². The lowest BCUT2D eigenvalue weighted by atomic mass is 10.0. The average Bonchev–Trinajstić information content (AvgIpc) is 2.57. The molecule has 6 nitrogen and oxygen atoms in total. The molecule has 0 unspecified atom stereocenters. The summed E-state index contributed by atoms with van der Waals surface area (Å²) in [6, 6.07) is 15.0. The Labute approximate surface area is 137 Å². The first-order valence-corrected chi connectivity index (χ1v) is 7.61. The molecule has 0 aliphatic heterocycles. The van der Waals surface area contributed by atoms with Gasteiger partial charge >= 0.3 is 5.69 Å². The van der Waals surface area contributed by atoms with Crippen LogP contribution < -0.4 is 16.6 Å². The summed E-state index contributed by atoms with van der Waals surface area (Å²) in [4.78, 5) is 36.9. The van der Waals surface area contributed by atoms with Crippen molar-refractivity contribution in [2.24, 2.45) is 0 Å². The molecule has 6 heteroatoms. The zero-order valence-corrected chi connectivity index (χ0v) is 13.2. The summed E-state index contributed by atoms with van der Waals surface area (Å²) in [6.45, 7) is 1.74. The highest BCUT2D eigenvalue weighted by atomic mass is 16.2. The Bertz CT molecular complexity index is 1000. The summed E-state index contributed by atoms with van der Waals surface area (Å²) >= 11 is 0. The summed E-state index contributed by atoms with van der Waals surface area (Å²) < 4.78 is 1.16. The molecule has 0 aliphatic rings. The number of rotatable bonds is 4. The van der Waals surface area contributed by atoms with Crippen LogP contribution in [0.25, 0.3) is 10.8 Å². The molecule has 122 valence electrons. The van der Waals surface area contributed by atoms with E-state index in [1.54, 1.807) is 0 Å². The molecule has 2 aromatic carbocycles. The third-order valence-corrected chi connectivity index (χ3v) is 3.86. The molecule has 1 heterocycles. The molecule has 3 rings (SSSR count). The molecule has 0 radical (unpaired) electrons. The molecular formula is C18H17N3O3. The first kappa shape index (κ1) is 15.7. The van der Waals surface area contributed by atoms with Crippen LogP contribution in [0, 0.1) is 0 Å². The minimum atomic E-state index is -0.601. The van der Waals surface area contributed by atoms with Crippen LogP contribution in [-0.2, 0) is 11.3 Å². The van der Waals surface area contributed by atoms with Gasteiger partial charge in [0.2, 0.25) is 5.91 Å². The van der Waals surface area contributed by atoms with Crippen molar-refractivity contribution in [1.29, 1.82) is 0 Å². The Hall–Kier alpha value is -3.15. The van der Waals surface area contributed by atoms with Crippen molar-refractivity contribution >= 4 is 16.7 Å². The number of hydrogen-bond acceptors (Lipinski definition) is 3. The quantitative estimate of drug-likeness (QED) is 0.764. The van der Waals surface area contributed by atoms with Crippen LogP contribution in [-0.4, -0.2) is 15.5 Å². The van der Waals surface area contributed by atoms with Gasteiger partial charge in [0.15, 0.2) is 0 Å². The standard InChI is InChI=1S/C18H17N3O3/c1-12(14-7-6-13-4-2-3-5-15(13)10-14)19-17(23)11-21-9-8-16(22)20-18(21)24/h2-10,12H,11H2,1H3,(H,19,23)(H,20,22,24)/t12-/m1/s1. The Morgan fingerprint density at radius 3 is 2.62 bits per heavy atom. The molecule has 2 N–H and O–H groups in total. The number of hydrogen-bond donors (Lipinski definition) is 2. The predicted molar refractivity (Wildman–Crippen MR) is 91.8 cm³/mol. The van der Waals surface area contributed by atoms with Crippen LogP contribution >= 0.6 is 0 Å². The normalized spacial score (nSPS) is 12.0. The fraction of sp³-hybridized carbons (Fsp3) is 0.167. The molecule has 0 aliphatic carbocycles. The van der Waals surface area contributed by atoms with Crippen molar-refractivity contribution in [1.82, 2.24) is 14.9 Å². The monoisotopic (exact) mass is 323 g/mol. The van der Waals surface area contributed by atoms with Gasteiger partial charge in [-0.25, -0.2) is 4.79 Å². The number of H-pyrrole nitrogens is 1. The van der Waals surface area contributed by atoms with Crippen molar-refractivity contribution in [3.63, 3.8) is 0 Å². The molecule has 0 bridgehead atoms. The number of carbonyl (C=O) groups is 1. The van der Waals surface area contributed by atoms with Crippen molar-refractivity contribution in [3.05, 3.63) is 81.1 Å². The van der Waals surface area contributed by atoms with Gasteiger partial charge < -0.3 is 5.32 Å². The Kier molecular flexibility index (Phi) is 4.29. The van der Waals surface area contributed by atoms with Crippen LogP contribution in [0.1, 0.15) is 18.5 Å². The average molecular weight is 323 g/mol. The van der Waals surface area contributed by atoms with Crippen molar-refractivity contribution in [3.8, 4) is 0 Å². The number of nitrogens with zero attached hydrogens (tertiary/aromatic N) is 1. The van der Waals surface area contributed by atoms with Gasteiger partial charge in [-0.2, -0.15) is 0 Å². The summed E-state index contributed by atoms with van der Waals surface area (Å²) in [6.07, 6.45) is 1.31. The summed E-state index contributed by atoms with van der Waals surface area (Å²) in [7, 11) is 0. The number of aromatic nitrogens is 2. The van der Waals surface area contributed by atoms with E-state index in [0.717, 1.165) is 20.9 Å². The molecule has 0 fully saturated rings. The number of benzene rings is 2. The van der Waals surface area contributed by atoms with Gasteiger partial charge in [-0.1, -0.05) is 36.4 Å². The highest BCUT2D eigenvalue weighted by Gasteiger charge is 2.11. The maximum atomic E-state index is 12.1. The molecular weight excluding hydrogens is 306 g/mol. The number of fused-ring (bicyclic) bond motifs is 1. The molecule has 0 spiro atoms. The van der Waals surface area contributed by atoms with Gasteiger partial charge in [-0.3, -0.25) is 19.1 Å². The van der Waals surface area contributed by atoms with Crippen molar-refractivity contribution in [2.45, 2.75) is 19.5 Å². The molecule has 1 amide bonds. The highest BCUT2D eigenvalue weighted by Crippen LogP contribution is 2.20. The van der Waals surface area contributed by atoms with Crippen LogP contribution in [0.2, 0.25) is 0 Å². The van der Waals surface area contributed by atoms with Gasteiger partial charge in [0.05, 0.1) is 6.04 Å². The second-order valence-electron chi connectivity index (χ2n) is 5.63. The van der Waals surface area contributed by atoms with E-state index in [1.165, 1.54) is 12.3 Å². The first-order chi connectivity index (χ1) is 11.5. The zero-order chi connectivity index (χ0) is 17.1. The summed E-state index contributed by atoms with van der Waals surface area (Å²) in [5, 5.41) is 5.10. The van der Waals surface area contributed by atoms with Gasteiger partial charge in [-0.05, 0) is 29.3 Å². The number of carbonyl (C=O) groups excluding carboxylic acids is 1. The molecule has 0 saturated heterocycles. The number of aromatic amines is 1. The first-order valence-electron chi connectivity index (χ1n) is 7.61. The number of amides is 1. The van der Waals surface area contributed by atoms with E-state index in [0.29, 0.717) is 0 Å². The Morgan fingerprint density at radius 1 is 1.12 bits per heavy atom. The molecule has 1 atom stereocenters. The largest absolute Gasteiger partial charge is 0.348 e. The predicted octanol–water partition coefficient (Wildman–Crippen LogP) is 1.57. The van der Waals surface area contributed by atoms with Gasteiger partial charge in [0.25, 0.3) is 5.56 Å². The maximum Gasteiger partial charge on any atom is 0.328 e. The Morgan fingerprint density at radius 2 is 1.88 bits per heavy atom. The lowest BCUT2D eigenvalue weighted by Gasteiger charge is -2.15. The van der Waals surface area contributed by atoms with Crippen molar-refractivity contribution < 1.29 is 4.79 Å². The van der Waals surface area contributed by atoms with E-state index in [2.05, 4.69) is 10.3 Å². The SMILES string of the molecule is C[C@@H](NC(=O)Cn1ccc(=O)[nH]c1=O)c1ccc2ccccc2c1. The topological polar surface area (TPSA) is 84.0 Å². The summed E-state index contributed by atoms with van der Waals surface area (Å²) in [5.74, 6) is -0.301. The van der Waals surface area contributed by atoms with E-state index in [-0.39, 0.29) is 18.5 Å². The van der Waals surface area contributed by atoms with Crippen molar-refractivity contribution in [2.75, 3.05) is 0 Å². The second kappa shape index (κ2) is 6.54. The molecule has 1 aromatic heterocycles. The Balaban J connectivity index is 1.73. The third kappa shape index (κ3) is 3.43. The van der Waals surface area contributed by atoms with Crippen LogP contribution in [0.3, 0.4) is 0 Å². The van der Waals surface area contributed by atoms with E-state index >= 15 is 0 Å². The smallest absolute Gasteiger partial charge is 0.328 e. The fourth-order valence-electron chi connectivity index (χ4n) is 2.57. The second-order valence-corrected chi connectivity index (χ2v) is 5.63. The zero-order valence-electron chi connectivity index (χ0n) is 13.2. The molecule has 24 heavy (non-hydrogen) atoms. The minimum Gasteiger partial charge on any atom is -0.348 e. The van der Waals surface area contributed by atoms with Crippen LogP contribution in [0.15, 0.2) is 64.3 Å². The third-order valence-electron chi connectivity index (χ3n) is 3.86. The van der Waals surface area contributed by atoms with E-state index in [1.807, 2.05) is 49.4 Å². The lowest BCUT2D eigenvalue weighted by Crippen LogP contribution is -2.36. The lowest BCUT2D eigenvalue weighted by molar-refractivity contribution is -0.122. The van der Waals surface area contributed by atoms with E-state index in [4.69, 9.17) is 0 Å². The van der Waals surface area contributed by atoms with Crippen LogP contribution in [0.5, 0.6) is 0 Å². The highest BCUT2D eigenvalue weighted by molar-refractivity contribution is 5.83. The minimum absolute atomic E-state index is 0.145.